The second kappa shape index (κ2) is 3.47. The van der Waals surface area contributed by atoms with Gasteiger partial charge in [-0.3, -0.25) is 0 Å². The maximum atomic E-state index is 5.57. The molecule has 0 aromatic carbocycles. The average molecular weight is 157 g/mol. The molecular formula is C8H9ClO. The summed E-state index contributed by atoms with van der Waals surface area (Å²) in [5.41, 5.74) is 2.21. The Hall–Kier alpha value is -0.690. The van der Waals surface area contributed by atoms with Crippen LogP contribution in [0.15, 0.2) is 28.6 Å². The minimum atomic E-state index is 0.575. The third-order valence-electron chi connectivity index (χ3n) is 1.17. The zero-order chi connectivity index (χ0) is 7.40. The number of alkyl halides is 1. The molecule has 2 heteroatoms. The van der Waals surface area contributed by atoms with E-state index in [0.29, 0.717) is 5.88 Å². The fraction of sp³-hybridized carbons (Fsp3) is 0.250. The monoisotopic (exact) mass is 156 g/mol. The lowest BCUT2D eigenvalue weighted by atomic mass is 10.2. The van der Waals surface area contributed by atoms with Crippen LogP contribution in [0.3, 0.4) is 0 Å². The van der Waals surface area contributed by atoms with Crippen LogP contribution < -0.4 is 0 Å². The first-order valence-electron chi connectivity index (χ1n) is 3.08. The van der Waals surface area contributed by atoms with Crippen molar-refractivity contribution >= 4 is 17.7 Å². The van der Waals surface area contributed by atoms with Gasteiger partial charge in [-0.1, -0.05) is 11.6 Å². The molecular weight excluding hydrogens is 148 g/mol. The van der Waals surface area contributed by atoms with Crippen LogP contribution in [0.4, 0.5) is 0 Å². The molecule has 0 saturated heterocycles. The van der Waals surface area contributed by atoms with E-state index < -0.39 is 0 Å². The van der Waals surface area contributed by atoms with Crippen LogP contribution in [0, 0.1) is 0 Å². The Bertz CT molecular complexity index is 211. The van der Waals surface area contributed by atoms with Crippen LogP contribution >= 0.6 is 11.6 Å². The van der Waals surface area contributed by atoms with Gasteiger partial charge < -0.3 is 4.42 Å². The molecule has 1 nitrogen and oxygen atoms in total. The van der Waals surface area contributed by atoms with Gasteiger partial charge in [0, 0.05) is 11.4 Å². The third-order valence-corrected chi connectivity index (χ3v) is 1.59. The van der Waals surface area contributed by atoms with Crippen molar-refractivity contribution in [1.29, 1.82) is 0 Å². The Balaban J connectivity index is 2.71. The third kappa shape index (κ3) is 1.92. The standard InChI is InChI=1S/C8H9ClO/c1-7(5-9)4-8-2-3-10-6-8/h2-4,6H,5H2,1H3. The van der Waals surface area contributed by atoms with Crippen LogP contribution in [0.25, 0.3) is 6.08 Å². The van der Waals surface area contributed by atoms with E-state index in [-0.39, 0.29) is 0 Å². The molecule has 0 atom stereocenters. The summed E-state index contributed by atoms with van der Waals surface area (Å²) in [6, 6.07) is 1.90. The number of halogens is 1. The molecule has 10 heavy (non-hydrogen) atoms. The molecule has 0 fully saturated rings. The first-order chi connectivity index (χ1) is 4.83. The highest BCUT2D eigenvalue weighted by atomic mass is 35.5. The maximum absolute atomic E-state index is 5.57. The molecule has 0 amide bonds. The van der Waals surface area contributed by atoms with E-state index in [1.165, 1.54) is 0 Å². The number of allylic oxidation sites excluding steroid dienone is 1. The van der Waals surface area contributed by atoms with Gasteiger partial charge >= 0.3 is 0 Å². The summed E-state index contributed by atoms with van der Waals surface area (Å²) in [6.07, 6.45) is 5.33. The summed E-state index contributed by atoms with van der Waals surface area (Å²) < 4.78 is 4.87. The van der Waals surface area contributed by atoms with Crippen molar-refractivity contribution in [2.24, 2.45) is 0 Å². The van der Waals surface area contributed by atoms with Gasteiger partial charge in [0.1, 0.15) is 0 Å². The molecule has 0 aliphatic rings. The molecule has 0 radical (unpaired) electrons. The SMILES string of the molecule is CC(=Cc1ccoc1)CCl. The van der Waals surface area contributed by atoms with Gasteiger partial charge in [0.2, 0.25) is 0 Å². The van der Waals surface area contributed by atoms with Crippen LogP contribution in [0.5, 0.6) is 0 Å². The van der Waals surface area contributed by atoms with Gasteiger partial charge in [-0.15, -0.1) is 11.6 Å². The second-order valence-electron chi connectivity index (χ2n) is 2.18. The van der Waals surface area contributed by atoms with Crippen molar-refractivity contribution in [1.82, 2.24) is 0 Å². The quantitative estimate of drug-likeness (QED) is 0.601. The Morgan fingerprint density at radius 1 is 1.80 bits per heavy atom. The lowest BCUT2D eigenvalue weighted by molar-refractivity contribution is 0.567. The number of hydrogen-bond acceptors (Lipinski definition) is 1. The fourth-order valence-electron chi connectivity index (χ4n) is 0.680. The summed E-state index contributed by atoms with van der Waals surface area (Å²) in [7, 11) is 0. The fourth-order valence-corrected chi connectivity index (χ4v) is 0.757. The van der Waals surface area contributed by atoms with Crippen LogP contribution in [0.1, 0.15) is 12.5 Å². The van der Waals surface area contributed by atoms with Crippen molar-refractivity contribution in [3.05, 3.63) is 29.7 Å². The van der Waals surface area contributed by atoms with E-state index in [1.54, 1.807) is 12.5 Å². The molecule has 0 saturated carbocycles. The van der Waals surface area contributed by atoms with Crippen molar-refractivity contribution in [3.8, 4) is 0 Å². The minimum Gasteiger partial charge on any atom is -0.472 e. The van der Waals surface area contributed by atoms with Crippen molar-refractivity contribution in [3.63, 3.8) is 0 Å². The predicted octanol–water partition coefficient (Wildman–Crippen LogP) is 2.92. The maximum Gasteiger partial charge on any atom is 0.0974 e. The molecule has 0 aliphatic heterocycles. The van der Waals surface area contributed by atoms with Crippen molar-refractivity contribution in [2.45, 2.75) is 6.92 Å². The Morgan fingerprint density at radius 2 is 2.60 bits per heavy atom. The zero-order valence-corrected chi connectivity index (χ0v) is 6.56. The highest BCUT2D eigenvalue weighted by Crippen LogP contribution is 2.07. The summed E-state index contributed by atoms with van der Waals surface area (Å²) in [4.78, 5) is 0. The Kier molecular flexibility index (Phi) is 2.57. The number of furan rings is 1. The van der Waals surface area contributed by atoms with Crippen LogP contribution in [-0.4, -0.2) is 5.88 Å². The first-order valence-corrected chi connectivity index (χ1v) is 3.61. The van der Waals surface area contributed by atoms with E-state index >= 15 is 0 Å². The molecule has 1 aromatic rings. The lowest BCUT2D eigenvalue weighted by Crippen LogP contribution is -1.74. The van der Waals surface area contributed by atoms with E-state index in [2.05, 4.69) is 0 Å². The molecule has 0 spiro atoms. The normalized spacial score (nSPS) is 12.0. The highest BCUT2D eigenvalue weighted by Gasteiger charge is 1.89. The van der Waals surface area contributed by atoms with Crippen LogP contribution in [-0.2, 0) is 0 Å². The Morgan fingerprint density at radius 3 is 3.10 bits per heavy atom. The molecule has 0 bridgehead atoms. The molecule has 1 aromatic heterocycles. The van der Waals surface area contributed by atoms with Gasteiger partial charge in [0.15, 0.2) is 0 Å². The number of hydrogen-bond donors (Lipinski definition) is 0. The summed E-state index contributed by atoms with van der Waals surface area (Å²) >= 11 is 5.57. The first kappa shape index (κ1) is 7.42. The van der Waals surface area contributed by atoms with Gasteiger partial charge in [0.05, 0.1) is 12.5 Å². The summed E-state index contributed by atoms with van der Waals surface area (Å²) in [6.45, 7) is 1.99. The molecule has 0 aliphatic carbocycles. The van der Waals surface area contributed by atoms with Gasteiger partial charge in [-0.2, -0.15) is 0 Å². The Labute approximate surface area is 65.3 Å². The second-order valence-corrected chi connectivity index (χ2v) is 2.45. The molecule has 54 valence electrons. The molecule has 0 unspecified atom stereocenters. The summed E-state index contributed by atoms with van der Waals surface area (Å²) in [5, 5.41) is 0. The van der Waals surface area contributed by atoms with Gasteiger partial charge in [-0.25, -0.2) is 0 Å². The topological polar surface area (TPSA) is 13.1 Å². The molecule has 1 rings (SSSR count). The molecule has 1 heterocycles. The summed E-state index contributed by atoms with van der Waals surface area (Å²) in [5.74, 6) is 0.575. The lowest BCUT2D eigenvalue weighted by Gasteiger charge is -1.88. The average Bonchev–Trinajstić information content (AvgIpc) is 2.40. The van der Waals surface area contributed by atoms with Crippen molar-refractivity contribution < 1.29 is 4.42 Å². The van der Waals surface area contributed by atoms with Crippen LogP contribution in [0.2, 0.25) is 0 Å². The van der Waals surface area contributed by atoms with E-state index in [1.807, 2.05) is 19.1 Å². The van der Waals surface area contributed by atoms with Gasteiger partial charge in [-0.05, 0) is 13.0 Å². The smallest absolute Gasteiger partial charge is 0.0974 e. The van der Waals surface area contributed by atoms with E-state index in [9.17, 15) is 0 Å². The zero-order valence-electron chi connectivity index (χ0n) is 5.80. The predicted molar refractivity (Wildman–Crippen MR) is 43.1 cm³/mol. The van der Waals surface area contributed by atoms with E-state index in [0.717, 1.165) is 11.1 Å². The van der Waals surface area contributed by atoms with E-state index in [4.69, 9.17) is 16.0 Å². The van der Waals surface area contributed by atoms with Crippen molar-refractivity contribution in [2.75, 3.05) is 5.88 Å². The highest BCUT2D eigenvalue weighted by molar-refractivity contribution is 6.19. The molecule has 0 N–H and O–H groups in total. The number of rotatable bonds is 2. The minimum absolute atomic E-state index is 0.575. The van der Waals surface area contributed by atoms with Gasteiger partial charge in [0.25, 0.3) is 0 Å². The largest absolute Gasteiger partial charge is 0.472 e.